The van der Waals surface area contributed by atoms with Gasteiger partial charge in [-0.2, -0.15) is 0 Å². The van der Waals surface area contributed by atoms with Crippen LogP contribution in [-0.2, 0) is 17.3 Å². The number of unbranched alkanes of at least 4 members (excludes halogenated alkanes) is 11. The van der Waals surface area contributed by atoms with Crippen molar-refractivity contribution in [1.29, 1.82) is 0 Å². The van der Waals surface area contributed by atoms with Gasteiger partial charge in [0.2, 0.25) is 0 Å². The van der Waals surface area contributed by atoms with Crippen molar-refractivity contribution in [3.8, 4) is 11.1 Å². The molecule has 0 radical (unpaired) electrons. The topological polar surface area (TPSA) is 35.0 Å². The number of aromatic nitrogens is 2. The first-order chi connectivity index (χ1) is 18.4. The minimum atomic E-state index is -1.47. The molecule has 0 spiro atoms. The number of benzene rings is 1. The van der Waals surface area contributed by atoms with E-state index in [4.69, 9.17) is 4.43 Å². The largest absolute Gasteiger partial charge is 0.415 e. The fourth-order valence-corrected chi connectivity index (χ4v) is 7.82. The smallest absolute Gasteiger partial charge is 0.187 e. The zero-order chi connectivity index (χ0) is 27.5. The lowest BCUT2D eigenvalue weighted by Gasteiger charge is -2.27. The lowest BCUT2D eigenvalue weighted by molar-refractivity contribution is 0.195. The monoisotopic (exact) mass is 538 g/mol. The predicted octanol–water partition coefficient (Wildman–Crippen LogP) is 10.7. The summed E-state index contributed by atoms with van der Waals surface area (Å²) in [5, 5.41) is 0. The van der Waals surface area contributed by atoms with Gasteiger partial charge in [0.1, 0.15) is 5.82 Å². The van der Waals surface area contributed by atoms with Gasteiger partial charge in [-0.15, -0.1) is 0 Å². The number of nitrogens with zero attached hydrogens (tertiary/aromatic N) is 2. The Morgan fingerprint density at radius 1 is 0.658 bits per heavy atom. The second-order valence-electron chi connectivity index (χ2n) is 12.1. The van der Waals surface area contributed by atoms with Crippen molar-refractivity contribution < 1.29 is 4.43 Å². The summed E-state index contributed by atoms with van der Waals surface area (Å²) in [6, 6.07) is 10.3. The van der Waals surface area contributed by atoms with Crippen LogP contribution >= 0.6 is 0 Å². The van der Waals surface area contributed by atoms with E-state index in [0.29, 0.717) is 6.10 Å². The maximum absolute atomic E-state index is 6.43. The molecule has 1 unspecified atom stereocenters. The molecule has 2 aromatic rings. The van der Waals surface area contributed by atoms with Gasteiger partial charge in [-0.05, 0) is 62.9 Å². The molecule has 0 bridgehead atoms. The zero-order valence-corrected chi connectivity index (χ0v) is 26.6. The molecule has 214 valence electrons. The molecule has 1 aromatic carbocycles. The molecule has 0 N–H and O–H groups in total. The Morgan fingerprint density at radius 2 is 1.21 bits per heavy atom. The second-order valence-corrected chi connectivity index (χ2v) is 16.3. The summed E-state index contributed by atoms with van der Waals surface area (Å²) in [7, 11) is -1.47. The van der Waals surface area contributed by atoms with Crippen LogP contribution in [0.2, 0.25) is 19.1 Å². The average molecular weight is 539 g/mol. The summed E-state index contributed by atoms with van der Waals surface area (Å²) in [6.07, 6.45) is 26.3. The molecule has 3 nitrogen and oxygen atoms in total. The van der Waals surface area contributed by atoms with Gasteiger partial charge >= 0.3 is 0 Å². The second kappa shape index (κ2) is 19.5. The van der Waals surface area contributed by atoms with Crippen LogP contribution in [0.5, 0.6) is 0 Å². The molecule has 0 aliphatic carbocycles. The molecule has 1 heterocycles. The maximum atomic E-state index is 6.43. The summed E-state index contributed by atoms with van der Waals surface area (Å²) in [5.41, 5.74) is 3.78. The van der Waals surface area contributed by atoms with E-state index in [9.17, 15) is 0 Å². The van der Waals surface area contributed by atoms with Gasteiger partial charge in [0.05, 0.1) is 0 Å². The van der Waals surface area contributed by atoms with Crippen molar-refractivity contribution in [2.24, 2.45) is 0 Å². The van der Waals surface area contributed by atoms with Crippen molar-refractivity contribution in [3.63, 3.8) is 0 Å². The van der Waals surface area contributed by atoms with Crippen LogP contribution < -0.4 is 0 Å². The fraction of sp³-hybridized carbons (Fsp3) is 0.706. The first kappa shape index (κ1) is 32.7. The van der Waals surface area contributed by atoms with Gasteiger partial charge in [0.15, 0.2) is 8.32 Å². The molecular formula is C34H58N2OSi. The Kier molecular flexibility index (Phi) is 16.8. The van der Waals surface area contributed by atoms with Gasteiger partial charge in [0.25, 0.3) is 0 Å². The van der Waals surface area contributed by atoms with Crippen LogP contribution in [-0.4, -0.2) is 24.4 Å². The first-order valence-corrected chi connectivity index (χ1v) is 19.1. The van der Waals surface area contributed by atoms with Crippen molar-refractivity contribution in [3.05, 3.63) is 48.0 Å². The third-order valence-corrected chi connectivity index (χ3v) is 10.3. The highest BCUT2D eigenvalue weighted by Gasteiger charge is 2.23. The Balaban J connectivity index is 1.59. The van der Waals surface area contributed by atoms with Gasteiger partial charge in [-0.1, -0.05) is 115 Å². The summed E-state index contributed by atoms with van der Waals surface area (Å²) in [5.74, 6) is 0.973. The number of rotatable bonds is 22. The minimum Gasteiger partial charge on any atom is -0.415 e. The van der Waals surface area contributed by atoms with Gasteiger partial charge in [-0.25, -0.2) is 9.97 Å². The number of hydrogen-bond donors (Lipinski definition) is 0. The van der Waals surface area contributed by atoms with Gasteiger partial charge in [-0.3, -0.25) is 0 Å². The molecule has 2 rings (SSSR count). The highest BCUT2D eigenvalue weighted by molar-refractivity contribution is 6.71. The van der Waals surface area contributed by atoms with Crippen molar-refractivity contribution >= 4 is 8.32 Å². The van der Waals surface area contributed by atoms with Crippen LogP contribution in [0.4, 0.5) is 0 Å². The number of hydrogen-bond acceptors (Lipinski definition) is 3. The molecule has 0 fully saturated rings. The zero-order valence-electron chi connectivity index (χ0n) is 25.6. The van der Waals surface area contributed by atoms with E-state index in [1.807, 2.05) is 12.4 Å². The summed E-state index contributed by atoms with van der Waals surface area (Å²) in [6.45, 7) is 11.6. The van der Waals surface area contributed by atoms with Crippen molar-refractivity contribution in [1.82, 2.24) is 9.97 Å². The van der Waals surface area contributed by atoms with Crippen LogP contribution in [0, 0.1) is 0 Å². The summed E-state index contributed by atoms with van der Waals surface area (Å²) in [4.78, 5) is 9.32. The Morgan fingerprint density at radius 3 is 1.84 bits per heavy atom. The van der Waals surface area contributed by atoms with Crippen LogP contribution in [0.1, 0.15) is 128 Å². The van der Waals surface area contributed by atoms with E-state index in [2.05, 4.69) is 68.1 Å². The Labute approximate surface area is 236 Å². The van der Waals surface area contributed by atoms with Crippen LogP contribution in [0.3, 0.4) is 0 Å². The molecule has 1 atom stereocenters. The lowest BCUT2D eigenvalue weighted by Crippen LogP contribution is -2.34. The molecule has 1 aromatic heterocycles. The molecule has 0 saturated carbocycles. The highest BCUT2D eigenvalue weighted by Crippen LogP contribution is 2.21. The lowest BCUT2D eigenvalue weighted by atomic mass is 10.0. The summed E-state index contributed by atoms with van der Waals surface area (Å²) < 4.78 is 6.43. The normalized spacial score (nSPS) is 12.7. The molecule has 0 aliphatic rings. The highest BCUT2D eigenvalue weighted by atomic mass is 28.4. The molecule has 38 heavy (non-hydrogen) atoms. The van der Waals surface area contributed by atoms with E-state index in [1.54, 1.807) is 0 Å². The average Bonchev–Trinajstić information content (AvgIpc) is 2.91. The van der Waals surface area contributed by atoms with E-state index >= 15 is 0 Å². The molecule has 0 aliphatic heterocycles. The fourth-order valence-electron chi connectivity index (χ4n) is 5.29. The maximum Gasteiger partial charge on any atom is 0.187 e. The van der Waals surface area contributed by atoms with E-state index in [-0.39, 0.29) is 0 Å². The molecule has 0 saturated heterocycles. The van der Waals surface area contributed by atoms with Crippen molar-refractivity contribution in [2.75, 3.05) is 0 Å². The van der Waals surface area contributed by atoms with Crippen LogP contribution in [0.25, 0.3) is 11.1 Å². The van der Waals surface area contributed by atoms with E-state index < -0.39 is 8.32 Å². The van der Waals surface area contributed by atoms with Crippen molar-refractivity contribution in [2.45, 2.75) is 155 Å². The first-order valence-electron chi connectivity index (χ1n) is 16.0. The quantitative estimate of drug-likeness (QED) is 0.110. The Hall–Kier alpha value is -1.52. The molecule has 0 amide bonds. The van der Waals surface area contributed by atoms with Crippen LogP contribution in [0.15, 0.2) is 36.7 Å². The molecular weight excluding hydrogens is 480 g/mol. The third-order valence-electron chi connectivity index (χ3n) is 7.73. The van der Waals surface area contributed by atoms with E-state index in [1.165, 1.54) is 120 Å². The minimum absolute atomic E-state index is 0.406. The van der Waals surface area contributed by atoms with Gasteiger partial charge in [0, 0.05) is 30.5 Å². The predicted molar refractivity (Wildman–Crippen MR) is 168 cm³/mol. The van der Waals surface area contributed by atoms with Gasteiger partial charge < -0.3 is 4.43 Å². The third kappa shape index (κ3) is 14.6. The molecule has 4 heteroatoms. The Bertz CT molecular complexity index is 835. The SMILES string of the molecule is CCCCCCCCCCc1ccc(-c2cnc(CCCCCCC(C)O[Si](C)(C)CCCC)nc2)cc1. The van der Waals surface area contributed by atoms with E-state index in [0.717, 1.165) is 17.8 Å². The standard InChI is InChI=1S/C34H58N2OSi/c1-6-8-10-11-12-13-14-18-21-31-23-25-32(26-24-31)33-28-35-34(36-29-33)22-19-16-15-17-20-30(3)37-38(4,5)27-9-7-2/h23-26,28-30H,6-22,27H2,1-5H3. The summed E-state index contributed by atoms with van der Waals surface area (Å²) >= 11 is 0. The number of aryl methyl sites for hydroxylation is 2.